The third kappa shape index (κ3) is 6.71. The van der Waals surface area contributed by atoms with Crippen LogP contribution >= 0.6 is 23.5 Å². The zero-order valence-electron chi connectivity index (χ0n) is 11.5. The molecule has 0 radical (unpaired) electrons. The Bertz CT molecular complexity index is 665. The summed E-state index contributed by atoms with van der Waals surface area (Å²) in [6.45, 7) is 3.55. The van der Waals surface area contributed by atoms with Gasteiger partial charge in [-0.1, -0.05) is 32.0 Å². The van der Waals surface area contributed by atoms with Crippen molar-refractivity contribution in [3.8, 4) is 5.75 Å². The molecule has 0 bridgehead atoms. The van der Waals surface area contributed by atoms with Crippen LogP contribution in [0.5, 0.6) is 5.75 Å². The van der Waals surface area contributed by atoms with Gasteiger partial charge in [0, 0.05) is 0 Å². The molecular weight excluding hydrogens is 361 g/mol. The third-order valence-corrected chi connectivity index (χ3v) is 5.93. The monoisotopic (exact) mass is 376 g/mol. The molecule has 2 atom stereocenters. The van der Waals surface area contributed by atoms with E-state index in [0.717, 1.165) is 0 Å². The van der Waals surface area contributed by atoms with E-state index in [1.807, 2.05) is 0 Å². The molecule has 2 unspecified atom stereocenters. The van der Waals surface area contributed by atoms with Gasteiger partial charge in [0.05, 0.1) is 0 Å². The van der Waals surface area contributed by atoms with Gasteiger partial charge in [0.1, 0.15) is 5.75 Å². The first-order chi connectivity index (χ1) is 9.81. The first-order valence-corrected chi connectivity index (χ1v) is 10.3. The molecule has 0 saturated heterocycles. The smallest absolute Gasteiger partial charge is 0.404 e. The number of benzene rings is 1. The second-order valence-corrected chi connectivity index (χ2v) is 8.72. The average molecular weight is 376 g/mol. The molecule has 0 heterocycles. The fourth-order valence-electron chi connectivity index (χ4n) is 1.46. The number of phosphoric ester groups is 1. The van der Waals surface area contributed by atoms with Gasteiger partial charge in [-0.15, -0.1) is 0 Å². The molecule has 0 aliphatic carbocycles. The van der Waals surface area contributed by atoms with E-state index < -0.39 is 23.5 Å². The van der Waals surface area contributed by atoms with Crippen molar-refractivity contribution >= 4 is 23.5 Å². The minimum Gasteiger partial charge on any atom is -0.404 e. The van der Waals surface area contributed by atoms with Gasteiger partial charge in [0.2, 0.25) is 0 Å². The Morgan fingerprint density at radius 3 is 1.95 bits per heavy atom. The highest BCUT2D eigenvalue weighted by Gasteiger charge is 2.41. The predicted octanol–water partition coefficient (Wildman–Crippen LogP) is 2.52. The molecule has 126 valence electrons. The maximum atomic E-state index is 11.7. The number of phosphoric acid groups is 3. The molecule has 0 fully saturated rings. The molecule has 10 nitrogen and oxygen atoms in total. The highest BCUT2D eigenvalue weighted by Crippen LogP contribution is 2.66. The zero-order valence-corrected chi connectivity index (χ0v) is 14.2. The number of hydrogen-bond acceptors (Lipinski definition) is 6. The summed E-state index contributed by atoms with van der Waals surface area (Å²) in [5.74, 6) is -0.178. The molecule has 22 heavy (non-hydrogen) atoms. The molecule has 0 aliphatic rings. The molecular formula is C9H15O10P3. The van der Waals surface area contributed by atoms with Crippen molar-refractivity contribution in [2.75, 3.05) is 0 Å². The Kier molecular flexibility index (Phi) is 6.14. The maximum Gasteiger partial charge on any atom is 0.536 e. The highest BCUT2D eigenvalue weighted by atomic mass is 31.3. The topological polar surface area (TPSA) is 160 Å². The van der Waals surface area contributed by atoms with E-state index in [-0.39, 0.29) is 11.7 Å². The van der Waals surface area contributed by atoms with E-state index in [4.69, 9.17) is 14.7 Å². The molecule has 0 aliphatic heterocycles. The Morgan fingerprint density at radius 1 is 0.909 bits per heavy atom. The summed E-state index contributed by atoms with van der Waals surface area (Å²) >= 11 is 0. The van der Waals surface area contributed by atoms with E-state index >= 15 is 0 Å². The van der Waals surface area contributed by atoms with Crippen molar-refractivity contribution < 1.29 is 46.4 Å². The maximum absolute atomic E-state index is 11.7. The van der Waals surface area contributed by atoms with Crippen LogP contribution in [0.15, 0.2) is 24.3 Å². The Morgan fingerprint density at radius 2 is 1.45 bits per heavy atom. The van der Waals surface area contributed by atoms with Crippen LogP contribution in [0.2, 0.25) is 0 Å². The summed E-state index contributed by atoms with van der Waals surface area (Å²) in [6, 6.07) is 6.07. The molecule has 0 spiro atoms. The molecule has 13 heteroatoms. The van der Waals surface area contributed by atoms with Crippen LogP contribution in [0.3, 0.4) is 0 Å². The lowest BCUT2D eigenvalue weighted by Gasteiger charge is -2.18. The summed E-state index contributed by atoms with van der Waals surface area (Å²) in [5, 5.41) is 0. The SMILES string of the molecule is CC(C)c1ccccc1OP(=O)(O)OP(=O)(O)OP(=O)(O)O. The van der Waals surface area contributed by atoms with Crippen molar-refractivity contribution in [1.82, 2.24) is 0 Å². The lowest BCUT2D eigenvalue weighted by molar-refractivity contribution is 0.206. The Hall–Kier alpha value is -0.530. The fraction of sp³-hybridized carbons (Fsp3) is 0.333. The van der Waals surface area contributed by atoms with E-state index in [9.17, 15) is 18.6 Å². The van der Waals surface area contributed by atoms with Gasteiger partial charge in [0.15, 0.2) is 0 Å². The molecule has 0 amide bonds. The summed E-state index contributed by atoms with van der Waals surface area (Å²) in [6.07, 6.45) is 0. The normalized spacial score (nSPS) is 17.8. The van der Waals surface area contributed by atoms with Crippen molar-refractivity contribution in [2.45, 2.75) is 19.8 Å². The Labute approximate surface area is 126 Å². The minimum absolute atomic E-state index is 0.0838. The van der Waals surface area contributed by atoms with Crippen LogP contribution in [0.1, 0.15) is 25.3 Å². The number of rotatable bonds is 7. The summed E-state index contributed by atoms with van der Waals surface area (Å²) in [7, 11) is -16.1. The lowest BCUT2D eigenvalue weighted by atomic mass is 10.0. The van der Waals surface area contributed by atoms with Gasteiger partial charge in [-0.3, -0.25) is 4.89 Å². The van der Waals surface area contributed by atoms with Crippen LogP contribution in [0.25, 0.3) is 0 Å². The number of para-hydroxylation sites is 1. The first-order valence-electron chi connectivity index (χ1n) is 5.74. The summed E-state index contributed by atoms with van der Waals surface area (Å²) in [4.78, 5) is 35.3. The quantitative estimate of drug-likeness (QED) is 0.521. The predicted molar refractivity (Wildman–Crippen MR) is 75.0 cm³/mol. The van der Waals surface area contributed by atoms with Crippen LogP contribution in [0, 0.1) is 0 Å². The number of hydrogen-bond donors (Lipinski definition) is 4. The second-order valence-electron chi connectivity index (χ2n) is 4.37. The Balaban J connectivity index is 2.95. The van der Waals surface area contributed by atoms with E-state index in [1.165, 1.54) is 12.1 Å². The van der Waals surface area contributed by atoms with E-state index in [0.29, 0.717) is 5.56 Å². The highest BCUT2D eigenvalue weighted by molar-refractivity contribution is 7.66. The summed E-state index contributed by atoms with van der Waals surface area (Å²) in [5.41, 5.74) is 0.518. The minimum atomic E-state index is -5.51. The van der Waals surface area contributed by atoms with E-state index in [2.05, 4.69) is 13.1 Å². The third-order valence-electron chi connectivity index (χ3n) is 2.17. The van der Waals surface area contributed by atoms with E-state index in [1.54, 1.807) is 26.0 Å². The van der Waals surface area contributed by atoms with Crippen LogP contribution in [0.4, 0.5) is 0 Å². The second kappa shape index (κ2) is 6.93. The molecule has 1 aromatic rings. The lowest BCUT2D eigenvalue weighted by Crippen LogP contribution is -2.01. The molecule has 0 saturated carbocycles. The van der Waals surface area contributed by atoms with Crippen molar-refractivity contribution in [3.63, 3.8) is 0 Å². The van der Waals surface area contributed by atoms with Gasteiger partial charge in [-0.2, -0.15) is 8.62 Å². The molecule has 1 rings (SSSR count). The standard InChI is InChI=1S/C9H15O10P3/c1-7(2)8-5-3-4-6-9(8)17-21(13,14)19-22(15,16)18-20(10,11)12/h3-7H,1-2H3,(H,13,14)(H,15,16)(H2,10,11,12). The molecule has 0 aromatic heterocycles. The van der Waals surface area contributed by atoms with Gasteiger partial charge in [0.25, 0.3) is 0 Å². The average Bonchev–Trinajstić information content (AvgIpc) is 2.22. The largest absolute Gasteiger partial charge is 0.536 e. The zero-order chi connectivity index (χ0) is 17.2. The fourth-order valence-corrected chi connectivity index (χ4v) is 4.52. The van der Waals surface area contributed by atoms with Crippen molar-refractivity contribution in [2.24, 2.45) is 0 Å². The van der Waals surface area contributed by atoms with Gasteiger partial charge in [-0.05, 0) is 17.5 Å². The van der Waals surface area contributed by atoms with Crippen LogP contribution in [-0.2, 0) is 22.3 Å². The van der Waals surface area contributed by atoms with Crippen LogP contribution < -0.4 is 4.52 Å². The first kappa shape index (κ1) is 19.5. The van der Waals surface area contributed by atoms with Gasteiger partial charge >= 0.3 is 23.5 Å². The van der Waals surface area contributed by atoms with Gasteiger partial charge < -0.3 is 19.2 Å². The molecule has 4 N–H and O–H groups in total. The van der Waals surface area contributed by atoms with Crippen molar-refractivity contribution in [1.29, 1.82) is 0 Å². The molecule has 1 aromatic carbocycles. The van der Waals surface area contributed by atoms with Crippen molar-refractivity contribution in [3.05, 3.63) is 29.8 Å². The van der Waals surface area contributed by atoms with Gasteiger partial charge in [-0.25, -0.2) is 13.7 Å². The summed E-state index contributed by atoms with van der Waals surface area (Å²) < 4.78 is 45.4. The van der Waals surface area contributed by atoms with Crippen LogP contribution in [-0.4, -0.2) is 19.6 Å².